The van der Waals surface area contributed by atoms with Gasteiger partial charge in [0, 0.05) is 7.11 Å². The van der Waals surface area contributed by atoms with Crippen molar-refractivity contribution in [2.24, 2.45) is 0 Å². The van der Waals surface area contributed by atoms with E-state index in [-0.39, 0.29) is 6.29 Å². The largest absolute Gasteiger partial charge is 0.491 e. The van der Waals surface area contributed by atoms with Crippen molar-refractivity contribution < 1.29 is 14.2 Å². The van der Waals surface area contributed by atoms with E-state index in [9.17, 15) is 0 Å². The minimum absolute atomic E-state index is 0.173. The van der Waals surface area contributed by atoms with Gasteiger partial charge in [0.2, 0.25) is 0 Å². The van der Waals surface area contributed by atoms with E-state index in [1.54, 1.807) is 7.11 Å². The fraction of sp³-hybridized carbons (Fsp3) is 0.625. The van der Waals surface area contributed by atoms with Crippen molar-refractivity contribution in [2.75, 3.05) is 20.3 Å². The average molecular weight is 264 g/mol. The normalized spacial score (nSPS) is 17.6. The van der Waals surface area contributed by atoms with Crippen LogP contribution in [0.1, 0.15) is 44.1 Å². The molecule has 0 aliphatic heterocycles. The van der Waals surface area contributed by atoms with Crippen molar-refractivity contribution in [2.45, 2.75) is 44.8 Å². The molecule has 1 aromatic carbocycles. The molecule has 1 aliphatic carbocycles. The summed E-state index contributed by atoms with van der Waals surface area (Å²) in [6.07, 6.45) is 5.25. The lowest BCUT2D eigenvalue weighted by Gasteiger charge is -2.13. The summed E-state index contributed by atoms with van der Waals surface area (Å²) in [4.78, 5) is 0. The summed E-state index contributed by atoms with van der Waals surface area (Å²) in [5.41, 5.74) is 1.45. The molecule has 1 aromatic rings. The molecule has 3 nitrogen and oxygen atoms in total. The highest BCUT2D eigenvalue weighted by Crippen LogP contribution is 2.34. The molecule has 106 valence electrons. The van der Waals surface area contributed by atoms with Crippen molar-refractivity contribution in [1.29, 1.82) is 0 Å². The highest BCUT2D eigenvalue weighted by atomic mass is 16.7. The lowest BCUT2D eigenvalue weighted by molar-refractivity contribution is -0.115. The molecule has 0 bridgehead atoms. The van der Waals surface area contributed by atoms with Crippen LogP contribution < -0.4 is 4.74 Å². The van der Waals surface area contributed by atoms with Crippen molar-refractivity contribution >= 4 is 0 Å². The minimum Gasteiger partial charge on any atom is -0.491 e. The maximum Gasteiger partial charge on any atom is 0.154 e. The van der Waals surface area contributed by atoms with Crippen LogP contribution in [0.4, 0.5) is 0 Å². The Kier molecular flexibility index (Phi) is 5.67. The lowest BCUT2D eigenvalue weighted by Crippen LogP contribution is -2.15. The van der Waals surface area contributed by atoms with Crippen molar-refractivity contribution in [1.82, 2.24) is 0 Å². The molecule has 1 atom stereocenters. The molecule has 0 saturated heterocycles. The van der Waals surface area contributed by atoms with Crippen molar-refractivity contribution in [3.63, 3.8) is 0 Å². The summed E-state index contributed by atoms with van der Waals surface area (Å²) in [5, 5.41) is 0. The van der Waals surface area contributed by atoms with E-state index in [1.165, 1.54) is 31.2 Å². The van der Waals surface area contributed by atoms with Crippen LogP contribution in [0.15, 0.2) is 24.3 Å². The number of hydrogen-bond donors (Lipinski definition) is 0. The first-order valence-electron chi connectivity index (χ1n) is 7.17. The zero-order valence-electron chi connectivity index (χ0n) is 11.9. The third-order valence-corrected chi connectivity index (χ3v) is 3.74. The summed E-state index contributed by atoms with van der Waals surface area (Å²) < 4.78 is 16.0. The second kappa shape index (κ2) is 7.51. The van der Waals surface area contributed by atoms with Crippen molar-refractivity contribution in [3.8, 4) is 5.75 Å². The van der Waals surface area contributed by atoms with Gasteiger partial charge in [-0.3, -0.25) is 0 Å². The van der Waals surface area contributed by atoms with Gasteiger partial charge in [-0.15, -0.1) is 0 Å². The van der Waals surface area contributed by atoms with Gasteiger partial charge in [-0.2, -0.15) is 0 Å². The molecule has 0 heterocycles. The zero-order chi connectivity index (χ0) is 13.5. The van der Waals surface area contributed by atoms with Gasteiger partial charge in [0.1, 0.15) is 12.4 Å². The summed E-state index contributed by atoms with van der Waals surface area (Å²) in [7, 11) is 1.63. The van der Waals surface area contributed by atoms with E-state index in [1.807, 2.05) is 6.92 Å². The Balaban J connectivity index is 1.72. The molecular formula is C16H24O3. The fourth-order valence-corrected chi connectivity index (χ4v) is 2.54. The van der Waals surface area contributed by atoms with Gasteiger partial charge >= 0.3 is 0 Å². The number of ether oxygens (including phenoxy) is 3. The molecule has 3 heteroatoms. The Labute approximate surface area is 115 Å². The maximum absolute atomic E-state index is 5.64. The van der Waals surface area contributed by atoms with Crippen LogP contribution in [0.5, 0.6) is 5.75 Å². The van der Waals surface area contributed by atoms with Gasteiger partial charge in [0.25, 0.3) is 0 Å². The highest BCUT2D eigenvalue weighted by molar-refractivity contribution is 5.29. The second-order valence-electron chi connectivity index (χ2n) is 5.07. The van der Waals surface area contributed by atoms with Gasteiger partial charge in [0.15, 0.2) is 6.29 Å². The zero-order valence-corrected chi connectivity index (χ0v) is 11.9. The van der Waals surface area contributed by atoms with E-state index in [0.29, 0.717) is 13.2 Å². The minimum atomic E-state index is -0.173. The van der Waals surface area contributed by atoms with Crippen LogP contribution in [0, 0.1) is 0 Å². The number of benzene rings is 1. The predicted molar refractivity (Wildman–Crippen MR) is 75.6 cm³/mol. The first-order chi connectivity index (χ1) is 9.29. The standard InChI is InChI=1S/C16H24O3/c1-13(17-2)18-11-12-19-16-9-7-15(8-10-16)14-5-3-4-6-14/h7-10,13-14H,3-6,11-12H2,1-2H3. The number of hydrogen-bond acceptors (Lipinski definition) is 3. The van der Waals surface area contributed by atoms with Gasteiger partial charge < -0.3 is 14.2 Å². The molecular weight excluding hydrogens is 240 g/mol. The summed E-state index contributed by atoms with van der Waals surface area (Å²) in [6.45, 7) is 2.96. The Hall–Kier alpha value is -1.06. The first-order valence-corrected chi connectivity index (χ1v) is 7.17. The van der Waals surface area contributed by atoms with Gasteiger partial charge in [-0.1, -0.05) is 25.0 Å². The topological polar surface area (TPSA) is 27.7 Å². The molecule has 1 saturated carbocycles. The van der Waals surface area contributed by atoms with Gasteiger partial charge in [-0.25, -0.2) is 0 Å². The molecule has 1 unspecified atom stereocenters. The highest BCUT2D eigenvalue weighted by Gasteiger charge is 2.16. The quantitative estimate of drug-likeness (QED) is 0.555. The van der Waals surface area contributed by atoms with E-state index in [2.05, 4.69) is 24.3 Å². The second-order valence-corrected chi connectivity index (χ2v) is 5.07. The SMILES string of the molecule is COC(C)OCCOc1ccc(C2CCCC2)cc1. The molecule has 2 rings (SSSR count). The molecule has 19 heavy (non-hydrogen) atoms. The predicted octanol–water partition coefficient (Wildman–Crippen LogP) is 3.73. The lowest BCUT2D eigenvalue weighted by atomic mass is 9.98. The monoisotopic (exact) mass is 264 g/mol. The summed E-state index contributed by atoms with van der Waals surface area (Å²) in [5.74, 6) is 1.68. The molecule has 0 spiro atoms. The molecule has 0 radical (unpaired) electrons. The molecule has 0 N–H and O–H groups in total. The van der Waals surface area contributed by atoms with Crippen LogP contribution in [0.2, 0.25) is 0 Å². The smallest absolute Gasteiger partial charge is 0.154 e. The maximum atomic E-state index is 5.64. The third kappa shape index (κ3) is 4.51. The van der Waals surface area contributed by atoms with Crippen LogP contribution >= 0.6 is 0 Å². The summed E-state index contributed by atoms with van der Waals surface area (Å²) >= 11 is 0. The number of rotatable bonds is 7. The Morgan fingerprint density at radius 1 is 1.11 bits per heavy atom. The van der Waals surface area contributed by atoms with E-state index < -0.39 is 0 Å². The van der Waals surface area contributed by atoms with E-state index in [4.69, 9.17) is 14.2 Å². The van der Waals surface area contributed by atoms with Crippen LogP contribution in [-0.2, 0) is 9.47 Å². The Morgan fingerprint density at radius 3 is 2.42 bits per heavy atom. The molecule has 0 amide bonds. The first kappa shape index (κ1) is 14.4. The number of methoxy groups -OCH3 is 1. The van der Waals surface area contributed by atoms with Crippen molar-refractivity contribution in [3.05, 3.63) is 29.8 Å². The van der Waals surface area contributed by atoms with E-state index in [0.717, 1.165) is 11.7 Å². The summed E-state index contributed by atoms with van der Waals surface area (Å²) in [6, 6.07) is 8.52. The van der Waals surface area contributed by atoms with Gasteiger partial charge in [-0.05, 0) is 43.4 Å². The Bertz CT molecular complexity index is 355. The fourth-order valence-electron chi connectivity index (χ4n) is 2.54. The van der Waals surface area contributed by atoms with E-state index >= 15 is 0 Å². The molecule has 1 fully saturated rings. The average Bonchev–Trinajstić information content (AvgIpc) is 2.98. The molecule has 0 aromatic heterocycles. The third-order valence-electron chi connectivity index (χ3n) is 3.74. The van der Waals surface area contributed by atoms with Gasteiger partial charge in [0.05, 0.1) is 6.61 Å². The molecule has 1 aliphatic rings. The van der Waals surface area contributed by atoms with Crippen LogP contribution in [-0.4, -0.2) is 26.6 Å². The Morgan fingerprint density at radius 2 is 1.79 bits per heavy atom. The van der Waals surface area contributed by atoms with Crippen LogP contribution in [0.25, 0.3) is 0 Å². The van der Waals surface area contributed by atoms with Crippen LogP contribution in [0.3, 0.4) is 0 Å².